The summed E-state index contributed by atoms with van der Waals surface area (Å²) in [7, 11) is -3.90. The third-order valence-electron chi connectivity index (χ3n) is 4.03. The van der Waals surface area contributed by atoms with Crippen LogP contribution < -0.4 is 4.31 Å². The summed E-state index contributed by atoms with van der Waals surface area (Å²) in [4.78, 5) is 0.0138. The molecule has 0 radical (unpaired) electrons. The van der Waals surface area contributed by atoms with Gasteiger partial charge in [-0.05, 0) is 42.3 Å². The number of nitriles is 1. The van der Waals surface area contributed by atoms with Gasteiger partial charge in [-0.25, -0.2) is 8.42 Å². The van der Waals surface area contributed by atoms with Gasteiger partial charge < -0.3 is 0 Å². The second-order valence-electron chi connectivity index (χ2n) is 5.94. The lowest BCUT2D eigenvalue weighted by atomic mass is 10.2. The average Bonchev–Trinajstić information content (AvgIpc) is 2.66. The molecule has 0 aromatic heterocycles. The molecule has 0 unspecified atom stereocenters. The van der Waals surface area contributed by atoms with E-state index in [0.717, 1.165) is 11.1 Å². The summed E-state index contributed by atoms with van der Waals surface area (Å²) >= 11 is 0. The molecule has 0 amide bonds. The van der Waals surface area contributed by atoms with Crippen LogP contribution >= 0.6 is 0 Å². The smallest absolute Gasteiger partial charge is 0.262 e. The second kappa shape index (κ2) is 7.42. The first-order valence-corrected chi connectivity index (χ1v) is 9.59. The Kier molecular flexibility index (Phi) is 5.06. The van der Waals surface area contributed by atoms with E-state index in [0.29, 0.717) is 5.69 Å². The molecule has 0 bridgehead atoms. The van der Waals surface area contributed by atoms with Crippen molar-refractivity contribution in [1.82, 2.24) is 0 Å². The Bertz CT molecular complexity index is 1050. The molecule has 0 atom stereocenters. The number of nitrogens with zero attached hydrogens (tertiary/aromatic N) is 2. The fourth-order valence-electron chi connectivity index (χ4n) is 2.75. The minimum atomic E-state index is -3.90. The molecule has 3 rings (SSSR count). The largest absolute Gasteiger partial charge is 0.265 e. The summed E-state index contributed by atoms with van der Waals surface area (Å²) < 4.78 is 28.2. The van der Waals surface area contributed by atoms with E-state index in [1.54, 1.807) is 18.2 Å². The molecule has 0 aliphatic heterocycles. The number of hydrogen-bond donors (Lipinski definition) is 0. The molecule has 0 saturated carbocycles. The molecule has 3 aromatic rings. The highest BCUT2D eigenvalue weighted by atomic mass is 32.2. The van der Waals surface area contributed by atoms with E-state index in [1.807, 2.05) is 61.5 Å². The van der Waals surface area contributed by atoms with Gasteiger partial charge in [0, 0.05) is 0 Å². The van der Waals surface area contributed by atoms with Crippen molar-refractivity contribution in [2.45, 2.75) is 18.4 Å². The highest BCUT2D eigenvalue weighted by molar-refractivity contribution is 7.92. The van der Waals surface area contributed by atoms with Crippen LogP contribution in [-0.2, 0) is 16.6 Å². The van der Waals surface area contributed by atoms with Gasteiger partial charge in [-0.1, -0.05) is 54.6 Å². The molecule has 0 aliphatic rings. The highest BCUT2D eigenvalue weighted by Gasteiger charge is 2.27. The summed E-state index contributed by atoms with van der Waals surface area (Å²) in [6.45, 7) is 2.10. The molecule has 0 aliphatic carbocycles. The van der Waals surface area contributed by atoms with E-state index < -0.39 is 10.0 Å². The summed E-state index contributed by atoms with van der Waals surface area (Å²) in [6, 6.07) is 25.0. The first-order valence-electron chi connectivity index (χ1n) is 8.15. The van der Waals surface area contributed by atoms with Crippen LogP contribution in [0, 0.1) is 18.3 Å². The standard InChI is InChI=1S/C21H18N2O2S/c1-17-8-7-12-20(14-17)23(16-18-9-3-2-4-10-18)26(24,25)21-13-6-5-11-19(21)15-22/h2-14H,16H2,1H3. The van der Waals surface area contributed by atoms with Crippen LogP contribution in [0.3, 0.4) is 0 Å². The Morgan fingerprint density at radius 3 is 2.31 bits per heavy atom. The molecular formula is C21H18N2O2S. The molecule has 130 valence electrons. The number of benzene rings is 3. The van der Waals surface area contributed by atoms with E-state index in [-0.39, 0.29) is 17.0 Å². The Morgan fingerprint density at radius 2 is 1.62 bits per heavy atom. The van der Waals surface area contributed by atoms with Crippen LogP contribution in [0.2, 0.25) is 0 Å². The van der Waals surface area contributed by atoms with Crippen molar-refractivity contribution in [3.8, 4) is 6.07 Å². The maximum absolute atomic E-state index is 13.4. The van der Waals surface area contributed by atoms with Gasteiger partial charge in [0.1, 0.15) is 11.0 Å². The Balaban J connectivity index is 2.15. The van der Waals surface area contributed by atoms with Crippen molar-refractivity contribution < 1.29 is 8.42 Å². The zero-order valence-corrected chi connectivity index (χ0v) is 15.1. The molecule has 0 heterocycles. The van der Waals surface area contributed by atoms with E-state index in [9.17, 15) is 13.7 Å². The predicted molar refractivity (Wildman–Crippen MR) is 102 cm³/mol. The van der Waals surface area contributed by atoms with Crippen molar-refractivity contribution >= 4 is 15.7 Å². The lowest BCUT2D eigenvalue weighted by Gasteiger charge is -2.25. The Morgan fingerprint density at radius 1 is 0.923 bits per heavy atom. The lowest BCUT2D eigenvalue weighted by molar-refractivity contribution is 0.590. The third-order valence-corrected chi connectivity index (χ3v) is 5.87. The molecule has 0 spiro atoms. The fraction of sp³-hybridized carbons (Fsp3) is 0.0952. The maximum Gasteiger partial charge on any atom is 0.265 e. The number of rotatable bonds is 5. The Labute approximate surface area is 154 Å². The summed E-state index contributed by atoms with van der Waals surface area (Å²) in [5, 5.41) is 9.33. The van der Waals surface area contributed by atoms with Crippen molar-refractivity contribution in [3.63, 3.8) is 0 Å². The third kappa shape index (κ3) is 3.61. The van der Waals surface area contributed by atoms with Crippen molar-refractivity contribution in [3.05, 3.63) is 95.6 Å². The first-order chi connectivity index (χ1) is 12.5. The molecule has 0 saturated heterocycles. The average molecular weight is 362 g/mol. The van der Waals surface area contributed by atoms with Crippen LogP contribution in [0.4, 0.5) is 5.69 Å². The minimum Gasteiger partial charge on any atom is -0.262 e. The zero-order valence-electron chi connectivity index (χ0n) is 14.3. The van der Waals surface area contributed by atoms with Gasteiger partial charge in [0.2, 0.25) is 0 Å². The zero-order chi connectivity index (χ0) is 18.6. The number of sulfonamides is 1. The van der Waals surface area contributed by atoms with Gasteiger partial charge in [-0.2, -0.15) is 5.26 Å². The monoisotopic (exact) mass is 362 g/mol. The SMILES string of the molecule is Cc1cccc(N(Cc2ccccc2)S(=O)(=O)c2ccccc2C#N)c1. The normalized spacial score (nSPS) is 10.9. The van der Waals surface area contributed by atoms with Gasteiger partial charge in [0.05, 0.1) is 17.8 Å². The van der Waals surface area contributed by atoms with Crippen molar-refractivity contribution in [1.29, 1.82) is 5.26 Å². The molecule has 4 nitrogen and oxygen atoms in total. The topological polar surface area (TPSA) is 61.2 Å². The lowest BCUT2D eigenvalue weighted by Crippen LogP contribution is -2.31. The first kappa shape index (κ1) is 17.7. The van der Waals surface area contributed by atoms with Gasteiger partial charge in [0.25, 0.3) is 10.0 Å². The summed E-state index contributed by atoms with van der Waals surface area (Å²) in [6.07, 6.45) is 0. The van der Waals surface area contributed by atoms with Crippen molar-refractivity contribution in [2.75, 3.05) is 4.31 Å². The quantitative estimate of drug-likeness (QED) is 0.681. The molecule has 5 heteroatoms. The molecular weight excluding hydrogens is 344 g/mol. The number of hydrogen-bond acceptors (Lipinski definition) is 3. The Hall–Kier alpha value is -3.10. The minimum absolute atomic E-state index is 0.0138. The highest BCUT2D eigenvalue weighted by Crippen LogP contribution is 2.28. The van der Waals surface area contributed by atoms with Gasteiger partial charge >= 0.3 is 0 Å². The summed E-state index contributed by atoms with van der Waals surface area (Å²) in [5.41, 5.74) is 2.54. The number of anilines is 1. The second-order valence-corrected chi connectivity index (χ2v) is 7.77. The van der Waals surface area contributed by atoms with E-state index in [2.05, 4.69) is 0 Å². The van der Waals surface area contributed by atoms with Crippen LogP contribution in [0.1, 0.15) is 16.7 Å². The molecule has 0 N–H and O–H groups in total. The fourth-order valence-corrected chi connectivity index (χ4v) is 4.34. The van der Waals surface area contributed by atoms with Gasteiger partial charge in [0.15, 0.2) is 0 Å². The van der Waals surface area contributed by atoms with Gasteiger partial charge in [-0.3, -0.25) is 4.31 Å². The molecule has 26 heavy (non-hydrogen) atoms. The van der Waals surface area contributed by atoms with E-state index in [1.165, 1.54) is 16.4 Å². The van der Waals surface area contributed by atoms with E-state index in [4.69, 9.17) is 0 Å². The summed E-state index contributed by atoms with van der Waals surface area (Å²) in [5.74, 6) is 0. The van der Waals surface area contributed by atoms with Crippen LogP contribution in [-0.4, -0.2) is 8.42 Å². The van der Waals surface area contributed by atoms with E-state index >= 15 is 0 Å². The predicted octanol–water partition coefficient (Wildman–Crippen LogP) is 4.26. The van der Waals surface area contributed by atoms with Crippen molar-refractivity contribution in [2.24, 2.45) is 0 Å². The van der Waals surface area contributed by atoms with Crippen LogP contribution in [0.5, 0.6) is 0 Å². The molecule has 0 fully saturated rings. The maximum atomic E-state index is 13.4. The number of aryl methyl sites for hydroxylation is 1. The van der Waals surface area contributed by atoms with Crippen LogP contribution in [0.15, 0.2) is 83.8 Å². The molecule has 3 aromatic carbocycles. The van der Waals surface area contributed by atoms with Gasteiger partial charge in [-0.15, -0.1) is 0 Å². The van der Waals surface area contributed by atoms with Crippen LogP contribution in [0.25, 0.3) is 0 Å².